The summed E-state index contributed by atoms with van der Waals surface area (Å²) in [5, 5.41) is 12.8. The standard InChI is InChI=1S/C12H16FN3O3/c1-7(2)5-10(14)12(17)15-11-6-8(16(18)19)3-4-9(11)13/h3-4,6-7,10H,5,14H2,1-2H3,(H,15,17)/t10-/m1/s1. The number of rotatable bonds is 5. The average molecular weight is 269 g/mol. The second-order valence-corrected chi connectivity index (χ2v) is 4.65. The summed E-state index contributed by atoms with van der Waals surface area (Å²) in [6.07, 6.45) is 0.447. The Kier molecular flexibility index (Phi) is 4.94. The quantitative estimate of drug-likeness (QED) is 0.631. The second kappa shape index (κ2) is 6.24. The van der Waals surface area contributed by atoms with Gasteiger partial charge in [-0.3, -0.25) is 14.9 Å². The van der Waals surface area contributed by atoms with Crippen molar-refractivity contribution in [3.8, 4) is 0 Å². The van der Waals surface area contributed by atoms with Gasteiger partial charge in [0, 0.05) is 12.1 Å². The molecule has 6 nitrogen and oxygen atoms in total. The first kappa shape index (κ1) is 15.0. The molecule has 1 aromatic carbocycles. The molecule has 0 fully saturated rings. The third-order valence-electron chi connectivity index (χ3n) is 2.48. The highest BCUT2D eigenvalue weighted by molar-refractivity contribution is 5.95. The number of halogens is 1. The van der Waals surface area contributed by atoms with E-state index in [1.807, 2.05) is 13.8 Å². The van der Waals surface area contributed by atoms with Crippen LogP contribution in [0, 0.1) is 21.8 Å². The van der Waals surface area contributed by atoms with E-state index in [1.54, 1.807) is 0 Å². The fourth-order valence-corrected chi connectivity index (χ4v) is 1.56. The molecule has 0 bridgehead atoms. The topological polar surface area (TPSA) is 98.3 Å². The molecule has 0 aliphatic carbocycles. The summed E-state index contributed by atoms with van der Waals surface area (Å²) in [4.78, 5) is 21.6. The van der Waals surface area contributed by atoms with Crippen molar-refractivity contribution in [3.63, 3.8) is 0 Å². The smallest absolute Gasteiger partial charge is 0.271 e. The first-order valence-electron chi connectivity index (χ1n) is 5.81. The summed E-state index contributed by atoms with van der Waals surface area (Å²) in [6, 6.07) is 2.15. The SMILES string of the molecule is CC(C)C[C@@H](N)C(=O)Nc1cc([N+](=O)[O-])ccc1F. The molecule has 0 aromatic heterocycles. The molecule has 0 saturated carbocycles. The Hall–Kier alpha value is -2.02. The van der Waals surface area contributed by atoms with Gasteiger partial charge >= 0.3 is 0 Å². The molecule has 0 radical (unpaired) electrons. The number of hydrogen-bond donors (Lipinski definition) is 2. The Balaban J connectivity index is 2.84. The minimum absolute atomic E-state index is 0.218. The van der Waals surface area contributed by atoms with E-state index in [2.05, 4.69) is 5.32 Å². The first-order chi connectivity index (χ1) is 8.81. The van der Waals surface area contributed by atoms with Gasteiger partial charge in [0.25, 0.3) is 5.69 Å². The number of non-ortho nitro benzene ring substituents is 1. The number of anilines is 1. The molecule has 3 N–H and O–H groups in total. The number of carbonyl (C=O) groups is 1. The van der Waals surface area contributed by atoms with Gasteiger partial charge < -0.3 is 11.1 Å². The summed E-state index contributed by atoms with van der Waals surface area (Å²) in [6.45, 7) is 3.81. The van der Waals surface area contributed by atoms with Gasteiger partial charge in [-0.2, -0.15) is 0 Å². The molecule has 1 atom stereocenters. The molecular weight excluding hydrogens is 253 g/mol. The first-order valence-corrected chi connectivity index (χ1v) is 5.81. The predicted molar refractivity (Wildman–Crippen MR) is 69.1 cm³/mol. The van der Waals surface area contributed by atoms with E-state index in [-0.39, 0.29) is 17.3 Å². The van der Waals surface area contributed by atoms with Crippen molar-refractivity contribution in [2.24, 2.45) is 11.7 Å². The average Bonchev–Trinajstić information content (AvgIpc) is 2.30. The Labute approximate surface area is 109 Å². The number of hydrogen-bond acceptors (Lipinski definition) is 4. The van der Waals surface area contributed by atoms with Crippen molar-refractivity contribution in [2.75, 3.05) is 5.32 Å². The Morgan fingerprint density at radius 2 is 2.16 bits per heavy atom. The lowest BCUT2D eigenvalue weighted by atomic mass is 10.0. The number of nitrogens with zero attached hydrogens (tertiary/aromatic N) is 1. The van der Waals surface area contributed by atoms with Crippen molar-refractivity contribution in [1.29, 1.82) is 0 Å². The van der Waals surface area contributed by atoms with Crippen LogP contribution in [0.1, 0.15) is 20.3 Å². The Morgan fingerprint density at radius 1 is 1.53 bits per heavy atom. The van der Waals surface area contributed by atoms with E-state index in [0.29, 0.717) is 6.42 Å². The molecule has 0 saturated heterocycles. The summed E-state index contributed by atoms with van der Waals surface area (Å²) in [7, 11) is 0. The predicted octanol–water partition coefficient (Wildman–Crippen LogP) is 2.05. The van der Waals surface area contributed by atoms with Crippen LogP contribution in [0.3, 0.4) is 0 Å². The zero-order valence-electron chi connectivity index (χ0n) is 10.7. The third-order valence-corrected chi connectivity index (χ3v) is 2.48. The number of carbonyl (C=O) groups excluding carboxylic acids is 1. The highest BCUT2D eigenvalue weighted by atomic mass is 19.1. The molecule has 1 amide bonds. The van der Waals surface area contributed by atoms with E-state index < -0.39 is 22.7 Å². The zero-order chi connectivity index (χ0) is 14.6. The van der Waals surface area contributed by atoms with Gasteiger partial charge in [0.05, 0.1) is 16.7 Å². The lowest BCUT2D eigenvalue weighted by molar-refractivity contribution is -0.384. The maximum Gasteiger partial charge on any atom is 0.271 e. The van der Waals surface area contributed by atoms with E-state index in [0.717, 1.165) is 18.2 Å². The summed E-state index contributed by atoms with van der Waals surface area (Å²) < 4.78 is 13.4. The molecule has 7 heteroatoms. The lowest BCUT2D eigenvalue weighted by Gasteiger charge is -2.14. The van der Waals surface area contributed by atoms with Crippen LogP contribution in [-0.2, 0) is 4.79 Å². The van der Waals surface area contributed by atoms with Crippen LogP contribution in [0.2, 0.25) is 0 Å². The van der Waals surface area contributed by atoms with E-state index in [1.165, 1.54) is 0 Å². The van der Waals surface area contributed by atoms with Crippen LogP contribution in [0.4, 0.5) is 15.8 Å². The fraction of sp³-hybridized carbons (Fsp3) is 0.417. The minimum atomic E-state index is -0.779. The van der Waals surface area contributed by atoms with Gasteiger partial charge in [0.1, 0.15) is 5.82 Å². The number of nitrogens with two attached hydrogens (primary N) is 1. The highest BCUT2D eigenvalue weighted by Crippen LogP contribution is 2.21. The molecule has 0 heterocycles. The Bertz CT molecular complexity index is 491. The van der Waals surface area contributed by atoms with Crippen LogP contribution in [0.15, 0.2) is 18.2 Å². The monoisotopic (exact) mass is 269 g/mol. The minimum Gasteiger partial charge on any atom is -0.322 e. The van der Waals surface area contributed by atoms with Crippen molar-refractivity contribution in [2.45, 2.75) is 26.3 Å². The highest BCUT2D eigenvalue weighted by Gasteiger charge is 2.18. The van der Waals surface area contributed by atoms with Gasteiger partial charge in [-0.25, -0.2) is 4.39 Å². The lowest BCUT2D eigenvalue weighted by Crippen LogP contribution is -2.36. The molecule has 0 aliphatic heterocycles. The van der Waals surface area contributed by atoms with Crippen molar-refractivity contribution >= 4 is 17.3 Å². The van der Waals surface area contributed by atoms with Crippen LogP contribution >= 0.6 is 0 Å². The fourth-order valence-electron chi connectivity index (χ4n) is 1.56. The van der Waals surface area contributed by atoms with Crippen LogP contribution < -0.4 is 11.1 Å². The van der Waals surface area contributed by atoms with Crippen molar-refractivity contribution in [3.05, 3.63) is 34.1 Å². The molecule has 0 spiro atoms. The van der Waals surface area contributed by atoms with E-state index >= 15 is 0 Å². The molecule has 1 rings (SSSR count). The van der Waals surface area contributed by atoms with E-state index in [4.69, 9.17) is 5.73 Å². The summed E-state index contributed by atoms with van der Waals surface area (Å²) >= 11 is 0. The maximum absolute atomic E-state index is 13.4. The molecule has 19 heavy (non-hydrogen) atoms. The number of nitrogens with one attached hydrogen (secondary N) is 1. The number of nitro benzene ring substituents is 1. The molecule has 104 valence electrons. The maximum atomic E-state index is 13.4. The van der Waals surface area contributed by atoms with Gasteiger partial charge in [-0.05, 0) is 18.4 Å². The molecular formula is C12H16FN3O3. The van der Waals surface area contributed by atoms with Gasteiger partial charge in [0.15, 0.2) is 0 Å². The van der Waals surface area contributed by atoms with Gasteiger partial charge in [-0.1, -0.05) is 13.8 Å². The summed E-state index contributed by atoms with van der Waals surface area (Å²) in [5.74, 6) is -1.08. The molecule has 0 aliphatic rings. The van der Waals surface area contributed by atoms with Crippen LogP contribution in [-0.4, -0.2) is 16.9 Å². The number of amides is 1. The van der Waals surface area contributed by atoms with Crippen LogP contribution in [0.5, 0.6) is 0 Å². The second-order valence-electron chi connectivity index (χ2n) is 4.65. The Morgan fingerprint density at radius 3 is 2.68 bits per heavy atom. The van der Waals surface area contributed by atoms with Crippen molar-refractivity contribution in [1.82, 2.24) is 0 Å². The summed E-state index contributed by atoms with van der Waals surface area (Å²) in [5.41, 5.74) is 5.11. The molecule has 0 unspecified atom stereocenters. The van der Waals surface area contributed by atoms with Crippen molar-refractivity contribution < 1.29 is 14.1 Å². The third kappa shape index (κ3) is 4.29. The normalized spacial score (nSPS) is 12.3. The number of benzene rings is 1. The van der Waals surface area contributed by atoms with E-state index in [9.17, 15) is 19.3 Å². The van der Waals surface area contributed by atoms with Gasteiger partial charge in [-0.15, -0.1) is 0 Å². The molecule has 1 aromatic rings. The van der Waals surface area contributed by atoms with Gasteiger partial charge in [0.2, 0.25) is 5.91 Å². The largest absolute Gasteiger partial charge is 0.322 e. The zero-order valence-corrected chi connectivity index (χ0v) is 10.7. The van der Waals surface area contributed by atoms with Crippen LogP contribution in [0.25, 0.3) is 0 Å². The number of nitro groups is 1.